The summed E-state index contributed by atoms with van der Waals surface area (Å²) in [7, 11) is 0. The van der Waals surface area contributed by atoms with Crippen LogP contribution in [-0.4, -0.2) is 25.2 Å². The summed E-state index contributed by atoms with van der Waals surface area (Å²) in [5.74, 6) is -0.845. The predicted molar refractivity (Wildman–Crippen MR) is 87.7 cm³/mol. The van der Waals surface area contributed by atoms with Crippen molar-refractivity contribution in [1.29, 1.82) is 0 Å². The highest BCUT2D eigenvalue weighted by atomic mass is 127. The largest absolute Gasteiger partial charge is 0.462 e. The molecule has 2 aliphatic rings. The van der Waals surface area contributed by atoms with E-state index in [-0.39, 0.29) is 13.2 Å². The van der Waals surface area contributed by atoms with Crippen LogP contribution in [0, 0.1) is 3.57 Å². The average molecular weight is 398 g/mol. The Kier molecular flexibility index (Phi) is 5.17. The molecule has 0 aromatic heterocycles. The van der Waals surface area contributed by atoms with Crippen LogP contribution in [-0.2, 0) is 9.47 Å². The molecule has 0 radical (unpaired) electrons. The molecule has 0 aromatic rings. The molecule has 5 heteroatoms. The fourth-order valence-electron chi connectivity index (χ4n) is 2.15. The van der Waals surface area contributed by atoms with Gasteiger partial charge in [0.05, 0.1) is 24.3 Å². The van der Waals surface area contributed by atoms with Gasteiger partial charge in [-0.3, -0.25) is 0 Å². The molecule has 0 atom stereocenters. The van der Waals surface area contributed by atoms with Gasteiger partial charge in [0.15, 0.2) is 0 Å². The number of ether oxygens (including phenoxy) is 2. The van der Waals surface area contributed by atoms with Crippen molar-refractivity contribution in [3.8, 4) is 11.1 Å². The number of esters is 2. The number of fused-ring (bicyclic) bond motifs is 1. The van der Waals surface area contributed by atoms with Crippen molar-refractivity contribution in [2.75, 3.05) is 13.2 Å². The normalized spacial score (nSPS) is 10.4. The Morgan fingerprint density at radius 3 is 1.71 bits per heavy atom. The molecule has 0 aromatic carbocycles. The zero-order chi connectivity index (χ0) is 15.4. The average Bonchev–Trinajstić information content (AvgIpc) is 2.59. The van der Waals surface area contributed by atoms with Crippen molar-refractivity contribution in [2.45, 2.75) is 13.8 Å². The van der Waals surface area contributed by atoms with Gasteiger partial charge in [0.1, 0.15) is 0 Å². The van der Waals surface area contributed by atoms with Crippen molar-refractivity contribution in [1.82, 2.24) is 0 Å². The molecule has 0 spiro atoms. The van der Waals surface area contributed by atoms with Gasteiger partial charge >= 0.3 is 11.9 Å². The van der Waals surface area contributed by atoms with Crippen molar-refractivity contribution in [3.05, 3.63) is 45.0 Å². The maximum absolute atomic E-state index is 12.2. The monoisotopic (exact) mass is 398 g/mol. The van der Waals surface area contributed by atoms with Crippen molar-refractivity contribution >= 4 is 34.5 Å². The molecule has 110 valence electrons. The van der Waals surface area contributed by atoms with Crippen LogP contribution >= 0.6 is 22.6 Å². The van der Waals surface area contributed by atoms with Gasteiger partial charge in [-0.1, -0.05) is 30.3 Å². The van der Waals surface area contributed by atoms with E-state index in [1.165, 1.54) is 0 Å². The molecule has 0 N–H and O–H groups in total. The van der Waals surface area contributed by atoms with E-state index in [1.54, 1.807) is 13.8 Å². The molecule has 0 saturated heterocycles. The van der Waals surface area contributed by atoms with Crippen LogP contribution in [0.1, 0.15) is 34.6 Å². The number of rotatable bonds is 4. The van der Waals surface area contributed by atoms with Crippen LogP contribution in [0.2, 0.25) is 0 Å². The minimum absolute atomic E-state index is 0.287. The zero-order valence-corrected chi connectivity index (χ0v) is 14.0. The second-order valence-corrected chi connectivity index (χ2v) is 5.32. The Morgan fingerprint density at radius 2 is 1.33 bits per heavy atom. The number of carbonyl (C=O) groups excluding carboxylic acids is 2. The van der Waals surface area contributed by atoms with Crippen LogP contribution in [0.3, 0.4) is 0 Å². The predicted octanol–water partition coefficient (Wildman–Crippen LogP) is 3.75. The second kappa shape index (κ2) is 6.89. The topological polar surface area (TPSA) is 52.6 Å². The highest BCUT2D eigenvalue weighted by molar-refractivity contribution is 14.1. The molecule has 0 fully saturated rings. The number of halogens is 1. The van der Waals surface area contributed by atoms with Crippen LogP contribution in [0.15, 0.2) is 30.3 Å². The molecule has 0 amide bonds. The molecule has 2 aliphatic carbocycles. The summed E-state index contributed by atoms with van der Waals surface area (Å²) in [4.78, 5) is 24.4. The molecule has 0 saturated carbocycles. The Hall–Kier alpha value is -1.63. The Balaban J connectivity index is 2.68. The second-order valence-electron chi connectivity index (χ2n) is 4.24. The summed E-state index contributed by atoms with van der Waals surface area (Å²) < 4.78 is 10.8. The van der Waals surface area contributed by atoms with Gasteiger partial charge in [0, 0.05) is 3.57 Å². The molecule has 4 nitrogen and oxygen atoms in total. The smallest absolute Gasteiger partial charge is 0.339 e. The van der Waals surface area contributed by atoms with Gasteiger partial charge in [-0.25, -0.2) is 9.59 Å². The third-order valence-corrected chi connectivity index (χ3v) is 4.05. The Morgan fingerprint density at radius 1 is 0.905 bits per heavy atom. The summed E-state index contributed by atoms with van der Waals surface area (Å²) in [5, 5.41) is 0. The SMILES string of the molecule is CCOC(=O)c1c2cccccc-2c(C(=O)OCC)c1I. The van der Waals surface area contributed by atoms with Crippen LogP contribution in [0.4, 0.5) is 0 Å². The zero-order valence-electron chi connectivity index (χ0n) is 11.8. The van der Waals surface area contributed by atoms with Crippen LogP contribution in [0.25, 0.3) is 11.1 Å². The van der Waals surface area contributed by atoms with E-state index in [0.717, 1.165) is 0 Å². The van der Waals surface area contributed by atoms with E-state index in [4.69, 9.17) is 9.47 Å². The van der Waals surface area contributed by atoms with E-state index in [0.29, 0.717) is 25.8 Å². The fraction of sp³-hybridized carbons (Fsp3) is 0.250. The van der Waals surface area contributed by atoms with E-state index in [1.807, 2.05) is 52.9 Å². The summed E-state index contributed by atoms with van der Waals surface area (Å²) in [5.41, 5.74) is 2.25. The molecule has 0 unspecified atom stereocenters. The first-order chi connectivity index (χ1) is 10.1. The van der Waals surface area contributed by atoms with Gasteiger partial charge in [-0.2, -0.15) is 0 Å². The van der Waals surface area contributed by atoms with Gasteiger partial charge < -0.3 is 9.47 Å². The Bertz CT molecular complexity index is 598. The lowest BCUT2D eigenvalue weighted by molar-refractivity contribution is 0.0525. The van der Waals surface area contributed by atoms with E-state index in [2.05, 4.69) is 0 Å². The number of hydrogen-bond donors (Lipinski definition) is 0. The summed E-state index contributed by atoms with van der Waals surface area (Å²) in [6, 6.07) is 9.13. The molecule has 0 heterocycles. The fourth-order valence-corrected chi connectivity index (χ4v) is 3.17. The lowest BCUT2D eigenvalue weighted by Crippen LogP contribution is -2.08. The molecular weight excluding hydrogens is 383 g/mol. The lowest BCUT2D eigenvalue weighted by atomic mass is 10.1. The van der Waals surface area contributed by atoms with Crippen molar-refractivity contribution in [2.24, 2.45) is 0 Å². The van der Waals surface area contributed by atoms with Crippen LogP contribution < -0.4 is 0 Å². The maximum atomic E-state index is 12.2. The molecule has 0 aliphatic heterocycles. The van der Waals surface area contributed by atoms with Crippen molar-refractivity contribution < 1.29 is 19.1 Å². The number of hydrogen-bond acceptors (Lipinski definition) is 4. The molecular formula is C16H15IO4. The third-order valence-electron chi connectivity index (χ3n) is 2.97. The summed E-state index contributed by atoms with van der Waals surface area (Å²) >= 11 is 2.00. The van der Waals surface area contributed by atoms with Crippen molar-refractivity contribution in [3.63, 3.8) is 0 Å². The molecule has 21 heavy (non-hydrogen) atoms. The maximum Gasteiger partial charge on any atom is 0.339 e. The van der Waals surface area contributed by atoms with Gasteiger partial charge in [-0.15, -0.1) is 0 Å². The summed E-state index contributed by atoms with van der Waals surface area (Å²) in [6.07, 6.45) is 0. The standard InChI is InChI=1S/C16H15IO4/c1-3-20-15(18)12-10-8-6-5-7-9-11(10)13(14(12)17)16(19)21-4-2/h5-9H,3-4H2,1-2H3. The summed E-state index contributed by atoms with van der Waals surface area (Å²) in [6.45, 7) is 4.08. The van der Waals surface area contributed by atoms with Gasteiger partial charge in [0.25, 0.3) is 0 Å². The first kappa shape index (κ1) is 15.8. The lowest BCUT2D eigenvalue weighted by Gasteiger charge is -2.02. The minimum Gasteiger partial charge on any atom is -0.462 e. The first-order valence-corrected chi connectivity index (χ1v) is 7.74. The van der Waals surface area contributed by atoms with E-state index < -0.39 is 11.9 Å². The highest BCUT2D eigenvalue weighted by Gasteiger charge is 2.30. The van der Waals surface area contributed by atoms with Crippen LogP contribution in [0.5, 0.6) is 0 Å². The third kappa shape index (κ3) is 3.02. The van der Waals surface area contributed by atoms with E-state index in [9.17, 15) is 9.59 Å². The molecule has 0 bridgehead atoms. The number of carbonyl (C=O) groups is 2. The Labute approximate surface area is 136 Å². The quantitative estimate of drug-likeness (QED) is 0.582. The van der Waals surface area contributed by atoms with Gasteiger partial charge in [-0.05, 0) is 47.6 Å². The molecule has 2 rings (SSSR count). The highest BCUT2D eigenvalue weighted by Crippen LogP contribution is 2.38. The van der Waals surface area contributed by atoms with Gasteiger partial charge in [0.2, 0.25) is 0 Å². The minimum atomic E-state index is -0.423. The van der Waals surface area contributed by atoms with E-state index >= 15 is 0 Å². The first-order valence-electron chi connectivity index (χ1n) is 6.66.